The van der Waals surface area contributed by atoms with Gasteiger partial charge in [-0.1, -0.05) is 18.2 Å². The molecule has 28 heavy (non-hydrogen) atoms. The average Bonchev–Trinajstić information content (AvgIpc) is 2.74. The summed E-state index contributed by atoms with van der Waals surface area (Å²) in [6, 6.07) is 11.6. The Labute approximate surface area is 161 Å². The first-order valence-electron chi connectivity index (χ1n) is 8.53. The molecule has 0 aliphatic carbocycles. The maximum absolute atomic E-state index is 12.6. The van der Waals surface area contributed by atoms with Crippen LogP contribution in [-0.2, 0) is 9.53 Å². The third-order valence-corrected chi connectivity index (χ3v) is 4.53. The van der Waals surface area contributed by atoms with Crippen LogP contribution < -0.4 is 14.9 Å². The van der Waals surface area contributed by atoms with Crippen LogP contribution in [0.25, 0.3) is 11.0 Å². The second-order valence-corrected chi connectivity index (χ2v) is 6.08. The number of hydrogen-bond donors (Lipinski definition) is 1. The van der Waals surface area contributed by atoms with E-state index in [-0.39, 0.29) is 17.6 Å². The molecule has 0 unspecified atom stereocenters. The molecule has 0 aliphatic heterocycles. The van der Waals surface area contributed by atoms with E-state index in [9.17, 15) is 14.7 Å². The molecule has 0 bridgehead atoms. The fraction of sp³-hybridized carbons (Fsp3) is 0.238. The summed E-state index contributed by atoms with van der Waals surface area (Å²) in [7, 11) is 4.26. The van der Waals surface area contributed by atoms with Crippen LogP contribution in [0, 0.1) is 0 Å². The Morgan fingerprint density at radius 1 is 1.11 bits per heavy atom. The van der Waals surface area contributed by atoms with Crippen LogP contribution in [0.5, 0.6) is 17.2 Å². The standard InChI is InChI=1S/C21H20O7/c1-25-12-8-9-13(17(10-12)26-2)15(11-18(22)27-3)21-20(24)19(23)14-6-4-5-7-16(14)28-21/h4-10,15,24H,11H2,1-3H3/t15-/m1/s1. The first-order valence-corrected chi connectivity index (χ1v) is 8.53. The largest absolute Gasteiger partial charge is 0.502 e. The highest BCUT2D eigenvalue weighted by Gasteiger charge is 2.29. The zero-order valence-corrected chi connectivity index (χ0v) is 15.7. The van der Waals surface area contributed by atoms with E-state index in [4.69, 9.17) is 18.6 Å². The van der Waals surface area contributed by atoms with Crippen molar-refractivity contribution in [1.29, 1.82) is 0 Å². The van der Waals surface area contributed by atoms with Crippen molar-refractivity contribution in [3.8, 4) is 17.2 Å². The fourth-order valence-corrected chi connectivity index (χ4v) is 3.09. The molecule has 2 aromatic carbocycles. The third-order valence-electron chi connectivity index (χ3n) is 4.53. The topological polar surface area (TPSA) is 95.2 Å². The Morgan fingerprint density at radius 3 is 2.54 bits per heavy atom. The lowest BCUT2D eigenvalue weighted by atomic mass is 9.91. The van der Waals surface area contributed by atoms with E-state index in [1.165, 1.54) is 21.3 Å². The summed E-state index contributed by atoms with van der Waals surface area (Å²) >= 11 is 0. The van der Waals surface area contributed by atoms with Crippen molar-refractivity contribution >= 4 is 16.9 Å². The van der Waals surface area contributed by atoms with E-state index >= 15 is 0 Å². The first-order chi connectivity index (χ1) is 13.5. The number of carbonyl (C=O) groups is 1. The van der Waals surface area contributed by atoms with Crippen molar-refractivity contribution in [1.82, 2.24) is 0 Å². The molecule has 0 amide bonds. The summed E-state index contributed by atoms with van der Waals surface area (Å²) in [5.74, 6) is -0.934. The highest BCUT2D eigenvalue weighted by Crippen LogP contribution is 2.40. The van der Waals surface area contributed by atoms with E-state index in [2.05, 4.69) is 0 Å². The molecule has 0 saturated carbocycles. The normalized spacial score (nSPS) is 11.8. The number of benzene rings is 2. The van der Waals surface area contributed by atoms with E-state index in [1.807, 2.05) is 0 Å². The fourth-order valence-electron chi connectivity index (χ4n) is 3.09. The number of methoxy groups -OCH3 is 3. The second kappa shape index (κ2) is 8.04. The predicted molar refractivity (Wildman–Crippen MR) is 102 cm³/mol. The van der Waals surface area contributed by atoms with E-state index in [0.29, 0.717) is 22.6 Å². The molecule has 7 nitrogen and oxygen atoms in total. The van der Waals surface area contributed by atoms with Crippen LogP contribution in [0.15, 0.2) is 51.7 Å². The molecule has 1 N–H and O–H groups in total. The number of esters is 1. The lowest BCUT2D eigenvalue weighted by Crippen LogP contribution is -2.14. The average molecular weight is 384 g/mol. The monoisotopic (exact) mass is 384 g/mol. The summed E-state index contributed by atoms with van der Waals surface area (Å²) in [4.78, 5) is 24.7. The number of rotatable bonds is 6. The predicted octanol–water partition coefficient (Wildman–Crippen LogP) is 3.21. The Morgan fingerprint density at radius 2 is 1.86 bits per heavy atom. The van der Waals surface area contributed by atoms with Gasteiger partial charge in [0.15, 0.2) is 5.76 Å². The van der Waals surface area contributed by atoms with Crippen molar-refractivity contribution in [3.05, 3.63) is 64.0 Å². The van der Waals surface area contributed by atoms with Crippen molar-refractivity contribution in [3.63, 3.8) is 0 Å². The minimum absolute atomic E-state index is 0.0300. The lowest BCUT2D eigenvalue weighted by Gasteiger charge is -2.20. The van der Waals surface area contributed by atoms with Gasteiger partial charge < -0.3 is 23.7 Å². The van der Waals surface area contributed by atoms with Crippen LogP contribution in [-0.4, -0.2) is 32.4 Å². The first kappa shape index (κ1) is 19.3. The van der Waals surface area contributed by atoms with Gasteiger partial charge in [0.2, 0.25) is 11.2 Å². The smallest absolute Gasteiger partial charge is 0.306 e. The maximum Gasteiger partial charge on any atom is 0.306 e. The highest BCUT2D eigenvalue weighted by molar-refractivity contribution is 5.78. The van der Waals surface area contributed by atoms with Gasteiger partial charge in [0.25, 0.3) is 0 Å². The zero-order valence-electron chi connectivity index (χ0n) is 15.7. The summed E-state index contributed by atoms with van der Waals surface area (Å²) < 4.78 is 21.3. The van der Waals surface area contributed by atoms with Gasteiger partial charge in [0, 0.05) is 11.6 Å². The molecule has 1 aromatic heterocycles. The Balaban J connectivity index is 2.25. The summed E-state index contributed by atoms with van der Waals surface area (Å²) in [5, 5.41) is 10.8. The maximum atomic E-state index is 12.6. The highest BCUT2D eigenvalue weighted by atomic mass is 16.5. The number of carbonyl (C=O) groups excluding carboxylic acids is 1. The van der Waals surface area contributed by atoms with E-state index in [0.717, 1.165) is 0 Å². The molecular weight excluding hydrogens is 364 g/mol. The molecular formula is C21H20O7. The van der Waals surface area contributed by atoms with Gasteiger partial charge in [0.1, 0.15) is 17.1 Å². The molecule has 7 heteroatoms. The third kappa shape index (κ3) is 3.51. The minimum Gasteiger partial charge on any atom is -0.502 e. The number of fused-ring (bicyclic) bond motifs is 1. The van der Waals surface area contributed by atoms with E-state index < -0.39 is 23.1 Å². The molecule has 3 aromatic rings. The van der Waals surface area contributed by atoms with Crippen molar-refractivity contribution in [2.45, 2.75) is 12.3 Å². The van der Waals surface area contributed by atoms with Gasteiger partial charge >= 0.3 is 5.97 Å². The van der Waals surface area contributed by atoms with Crippen LogP contribution >= 0.6 is 0 Å². The Hall–Kier alpha value is -3.48. The molecule has 146 valence electrons. The number of aromatic hydroxyl groups is 1. The summed E-state index contributed by atoms with van der Waals surface area (Å²) in [6.07, 6.45) is -0.159. The number of hydrogen-bond acceptors (Lipinski definition) is 7. The van der Waals surface area contributed by atoms with Crippen molar-refractivity contribution in [2.75, 3.05) is 21.3 Å². The van der Waals surface area contributed by atoms with Gasteiger partial charge in [-0.05, 0) is 18.2 Å². The van der Waals surface area contributed by atoms with Crippen LogP contribution in [0.1, 0.15) is 23.7 Å². The molecule has 0 spiro atoms. The van der Waals surface area contributed by atoms with Crippen LogP contribution in [0.3, 0.4) is 0 Å². The molecule has 1 atom stereocenters. The van der Waals surface area contributed by atoms with E-state index in [1.54, 1.807) is 42.5 Å². The summed E-state index contributed by atoms with van der Waals surface area (Å²) in [5.41, 5.74) is 0.282. The Kier molecular flexibility index (Phi) is 5.54. The SMILES string of the molecule is COC(=O)C[C@H](c1ccc(OC)cc1OC)c1oc2ccccc2c(=O)c1O. The molecule has 0 saturated heterocycles. The second-order valence-electron chi connectivity index (χ2n) is 6.08. The number of ether oxygens (including phenoxy) is 3. The summed E-state index contributed by atoms with van der Waals surface area (Å²) in [6.45, 7) is 0. The lowest BCUT2D eigenvalue weighted by molar-refractivity contribution is -0.140. The van der Waals surface area contributed by atoms with Gasteiger partial charge in [-0.2, -0.15) is 0 Å². The van der Waals surface area contributed by atoms with Crippen molar-refractivity contribution < 1.29 is 28.5 Å². The molecule has 1 heterocycles. The zero-order chi connectivity index (χ0) is 20.3. The van der Waals surface area contributed by atoms with Gasteiger partial charge in [-0.3, -0.25) is 9.59 Å². The van der Waals surface area contributed by atoms with Crippen LogP contribution in [0.4, 0.5) is 0 Å². The molecule has 0 radical (unpaired) electrons. The Bertz CT molecular complexity index is 1070. The van der Waals surface area contributed by atoms with Gasteiger partial charge in [-0.15, -0.1) is 0 Å². The molecule has 3 rings (SSSR count). The minimum atomic E-state index is -0.800. The molecule has 0 fully saturated rings. The van der Waals surface area contributed by atoms with Crippen LogP contribution in [0.2, 0.25) is 0 Å². The van der Waals surface area contributed by atoms with Gasteiger partial charge in [-0.25, -0.2) is 0 Å². The quantitative estimate of drug-likeness (QED) is 0.652. The van der Waals surface area contributed by atoms with Gasteiger partial charge in [0.05, 0.1) is 39.1 Å². The molecule has 0 aliphatic rings. The number of para-hydroxylation sites is 1. The van der Waals surface area contributed by atoms with Crippen molar-refractivity contribution in [2.24, 2.45) is 0 Å².